The molecule has 1 rings (SSSR count). The Labute approximate surface area is 97.0 Å². The fourth-order valence-corrected chi connectivity index (χ4v) is 1.64. The lowest BCUT2D eigenvalue weighted by molar-refractivity contribution is 0.0934. The van der Waals surface area contributed by atoms with Crippen molar-refractivity contribution in [2.75, 3.05) is 6.54 Å². The van der Waals surface area contributed by atoms with Crippen LogP contribution < -0.4 is 11.1 Å². The monoisotopic (exact) mass is 220 g/mol. The van der Waals surface area contributed by atoms with Crippen LogP contribution in [0.4, 0.5) is 0 Å². The van der Waals surface area contributed by atoms with E-state index in [0.29, 0.717) is 18.0 Å². The van der Waals surface area contributed by atoms with Crippen LogP contribution in [0.25, 0.3) is 0 Å². The van der Waals surface area contributed by atoms with Crippen LogP contribution >= 0.6 is 0 Å². The van der Waals surface area contributed by atoms with Crippen molar-refractivity contribution in [3.05, 3.63) is 35.9 Å². The molecule has 1 atom stereocenters. The van der Waals surface area contributed by atoms with E-state index in [1.807, 2.05) is 18.2 Å². The van der Waals surface area contributed by atoms with E-state index in [9.17, 15) is 4.79 Å². The van der Waals surface area contributed by atoms with Gasteiger partial charge in [0.1, 0.15) is 0 Å². The van der Waals surface area contributed by atoms with E-state index in [2.05, 4.69) is 19.2 Å². The molecule has 3 N–H and O–H groups in total. The van der Waals surface area contributed by atoms with Crippen LogP contribution in [0.2, 0.25) is 0 Å². The van der Waals surface area contributed by atoms with Gasteiger partial charge >= 0.3 is 0 Å². The summed E-state index contributed by atoms with van der Waals surface area (Å²) < 4.78 is 0. The zero-order chi connectivity index (χ0) is 12.0. The molecule has 0 spiro atoms. The summed E-state index contributed by atoms with van der Waals surface area (Å²) in [6.07, 6.45) is 0.912. The molecule has 0 fully saturated rings. The minimum Gasteiger partial charge on any atom is -0.348 e. The molecule has 0 heterocycles. The van der Waals surface area contributed by atoms with Crippen LogP contribution in [0.5, 0.6) is 0 Å². The number of hydrogen-bond acceptors (Lipinski definition) is 2. The second-order valence-electron chi connectivity index (χ2n) is 4.40. The lowest BCUT2D eigenvalue weighted by atomic mass is 10.0. The van der Waals surface area contributed by atoms with E-state index >= 15 is 0 Å². The first-order chi connectivity index (χ1) is 7.63. The fourth-order valence-electron chi connectivity index (χ4n) is 1.64. The standard InChI is InChI=1S/C13H20N2O/c1-10(2)8-12(9-14)15-13(16)11-6-4-3-5-7-11/h3-7,10,12H,8-9,14H2,1-2H3,(H,15,16). The molecule has 88 valence electrons. The third kappa shape index (κ3) is 4.03. The number of amides is 1. The van der Waals surface area contributed by atoms with Gasteiger partial charge in [0.15, 0.2) is 0 Å². The number of carbonyl (C=O) groups excluding carboxylic acids is 1. The van der Waals surface area contributed by atoms with Crippen LogP contribution in [-0.4, -0.2) is 18.5 Å². The maximum atomic E-state index is 11.8. The average molecular weight is 220 g/mol. The first kappa shape index (κ1) is 12.7. The van der Waals surface area contributed by atoms with Crippen molar-refractivity contribution in [2.24, 2.45) is 11.7 Å². The lowest BCUT2D eigenvalue weighted by Gasteiger charge is -2.18. The van der Waals surface area contributed by atoms with Crippen molar-refractivity contribution in [2.45, 2.75) is 26.3 Å². The number of hydrogen-bond donors (Lipinski definition) is 2. The summed E-state index contributed by atoms with van der Waals surface area (Å²) >= 11 is 0. The topological polar surface area (TPSA) is 55.1 Å². The molecule has 0 aliphatic carbocycles. The molecule has 0 saturated heterocycles. The van der Waals surface area contributed by atoms with Gasteiger partial charge in [-0.05, 0) is 24.5 Å². The molecule has 16 heavy (non-hydrogen) atoms. The van der Waals surface area contributed by atoms with Gasteiger partial charge in [0.2, 0.25) is 0 Å². The molecule has 3 heteroatoms. The Balaban J connectivity index is 2.56. The number of carbonyl (C=O) groups is 1. The van der Waals surface area contributed by atoms with Gasteiger partial charge < -0.3 is 11.1 Å². The second kappa shape index (κ2) is 6.28. The molecule has 1 amide bonds. The summed E-state index contributed by atoms with van der Waals surface area (Å²) in [6, 6.07) is 9.28. The average Bonchev–Trinajstić information content (AvgIpc) is 2.28. The quantitative estimate of drug-likeness (QED) is 0.795. The predicted octanol–water partition coefficient (Wildman–Crippen LogP) is 1.79. The predicted molar refractivity (Wildman–Crippen MR) is 66.2 cm³/mol. The Morgan fingerprint density at radius 1 is 1.31 bits per heavy atom. The van der Waals surface area contributed by atoms with Gasteiger partial charge in [-0.25, -0.2) is 0 Å². The maximum absolute atomic E-state index is 11.8. The molecular formula is C13H20N2O. The zero-order valence-electron chi connectivity index (χ0n) is 9.94. The van der Waals surface area contributed by atoms with E-state index in [1.165, 1.54) is 0 Å². The first-order valence-corrected chi connectivity index (χ1v) is 5.69. The number of rotatable bonds is 5. The molecule has 0 bridgehead atoms. The normalized spacial score (nSPS) is 12.5. The van der Waals surface area contributed by atoms with E-state index in [4.69, 9.17) is 5.73 Å². The zero-order valence-corrected chi connectivity index (χ0v) is 9.94. The molecule has 0 aliphatic heterocycles. The lowest BCUT2D eigenvalue weighted by Crippen LogP contribution is -2.41. The molecule has 3 nitrogen and oxygen atoms in total. The molecule has 1 aromatic rings. The van der Waals surface area contributed by atoms with E-state index in [1.54, 1.807) is 12.1 Å². The van der Waals surface area contributed by atoms with Crippen LogP contribution in [0.3, 0.4) is 0 Å². The Hall–Kier alpha value is -1.35. The van der Waals surface area contributed by atoms with Crippen LogP contribution in [0, 0.1) is 5.92 Å². The smallest absolute Gasteiger partial charge is 0.251 e. The fraction of sp³-hybridized carbons (Fsp3) is 0.462. The van der Waals surface area contributed by atoms with Gasteiger partial charge in [-0.2, -0.15) is 0 Å². The molecule has 0 aromatic heterocycles. The highest BCUT2D eigenvalue weighted by molar-refractivity contribution is 5.94. The molecule has 1 aromatic carbocycles. The van der Waals surface area contributed by atoms with Gasteiger partial charge in [0.05, 0.1) is 0 Å². The van der Waals surface area contributed by atoms with Gasteiger partial charge in [0, 0.05) is 18.2 Å². The summed E-state index contributed by atoms with van der Waals surface area (Å²) in [5.74, 6) is 0.487. The van der Waals surface area contributed by atoms with Crippen molar-refractivity contribution in [1.82, 2.24) is 5.32 Å². The van der Waals surface area contributed by atoms with Gasteiger partial charge in [-0.3, -0.25) is 4.79 Å². The molecular weight excluding hydrogens is 200 g/mol. The van der Waals surface area contributed by atoms with Crippen molar-refractivity contribution in [3.63, 3.8) is 0 Å². The van der Waals surface area contributed by atoms with Crippen LogP contribution in [0.15, 0.2) is 30.3 Å². The largest absolute Gasteiger partial charge is 0.348 e. The van der Waals surface area contributed by atoms with Crippen LogP contribution in [-0.2, 0) is 0 Å². The summed E-state index contributed by atoms with van der Waals surface area (Å²) in [5.41, 5.74) is 6.32. The first-order valence-electron chi connectivity index (χ1n) is 5.69. The Morgan fingerprint density at radius 2 is 1.94 bits per heavy atom. The number of nitrogens with two attached hydrogens (primary N) is 1. The highest BCUT2D eigenvalue weighted by Crippen LogP contribution is 2.05. The van der Waals surface area contributed by atoms with Crippen molar-refractivity contribution in [1.29, 1.82) is 0 Å². The Kier molecular flexibility index (Phi) is 4.99. The SMILES string of the molecule is CC(C)CC(CN)NC(=O)c1ccccc1. The summed E-state index contributed by atoms with van der Waals surface area (Å²) in [5, 5.41) is 2.95. The third-order valence-corrected chi connectivity index (χ3v) is 2.41. The summed E-state index contributed by atoms with van der Waals surface area (Å²) in [7, 11) is 0. The Bertz CT molecular complexity index is 322. The number of benzene rings is 1. The highest BCUT2D eigenvalue weighted by Gasteiger charge is 2.13. The minimum absolute atomic E-state index is 0.0447. The third-order valence-electron chi connectivity index (χ3n) is 2.41. The van der Waals surface area contributed by atoms with Gasteiger partial charge in [0.25, 0.3) is 5.91 Å². The second-order valence-corrected chi connectivity index (χ2v) is 4.40. The van der Waals surface area contributed by atoms with Gasteiger partial charge in [-0.1, -0.05) is 32.0 Å². The van der Waals surface area contributed by atoms with Gasteiger partial charge in [-0.15, -0.1) is 0 Å². The number of nitrogens with one attached hydrogen (secondary N) is 1. The van der Waals surface area contributed by atoms with Crippen molar-refractivity contribution in [3.8, 4) is 0 Å². The maximum Gasteiger partial charge on any atom is 0.251 e. The molecule has 0 saturated carbocycles. The molecule has 0 radical (unpaired) electrons. The Morgan fingerprint density at radius 3 is 2.44 bits per heavy atom. The van der Waals surface area contributed by atoms with E-state index in [0.717, 1.165) is 6.42 Å². The minimum atomic E-state index is -0.0447. The summed E-state index contributed by atoms with van der Waals surface area (Å²) in [6.45, 7) is 4.73. The van der Waals surface area contributed by atoms with E-state index < -0.39 is 0 Å². The summed E-state index contributed by atoms with van der Waals surface area (Å²) in [4.78, 5) is 11.8. The van der Waals surface area contributed by atoms with E-state index in [-0.39, 0.29) is 11.9 Å². The molecule has 1 unspecified atom stereocenters. The van der Waals surface area contributed by atoms with Crippen molar-refractivity contribution >= 4 is 5.91 Å². The van der Waals surface area contributed by atoms with Crippen molar-refractivity contribution < 1.29 is 4.79 Å². The highest BCUT2D eigenvalue weighted by atomic mass is 16.1. The van der Waals surface area contributed by atoms with Crippen LogP contribution in [0.1, 0.15) is 30.6 Å². The molecule has 0 aliphatic rings.